The highest BCUT2D eigenvalue weighted by Crippen LogP contribution is 2.25. The Morgan fingerprint density at radius 2 is 2.08 bits per heavy atom. The lowest BCUT2D eigenvalue weighted by atomic mass is 10.3. The monoisotopic (exact) mass is 387 g/mol. The third-order valence-electron chi connectivity index (χ3n) is 3.71. The van der Waals surface area contributed by atoms with Crippen LogP contribution in [-0.4, -0.2) is 29.2 Å². The first kappa shape index (κ1) is 17.3. The number of imidazole rings is 1. The molecule has 0 bridgehead atoms. The summed E-state index contributed by atoms with van der Waals surface area (Å²) >= 11 is 7.25. The quantitative estimate of drug-likeness (QED) is 0.687. The summed E-state index contributed by atoms with van der Waals surface area (Å²) in [6, 6.07) is 3.38. The van der Waals surface area contributed by atoms with Crippen molar-refractivity contribution < 1.29 is 12.8 Å². The van der Waals surface area contributed by atoms with E-state index < -0.39 is 15.8 Å². The van der Waals surface area contributed by atoms with E-state index in [1.54, 1.807) is 11.3 Å². The van der Waals surface area contributed by atoms with Gasteiger partial charge in [0.15, 0.2) is 4.96 Å². The minimum absolute atomic E-state index is 0.0451. The third kappa shape index (κ3) is 2.95. The van der Waals surface area contributed by atoms with Crippen molar-refractivity contribution in [3.05, 3.63) is 51.5 Å². The molecule has 0 saturated carbocycles. The zero-order chi connectivity index (χ0) is 17.6. The Kier molecular flexibility index (Phi) is 4.41. The van der Waals surface area contributed by atoms with Crippen LogP contribution >= 0.6 is 22.9 Å². The van der Waals surface area contributed by atoms with Gasteiger partial charge in [0.05, 0.1) is 27.9 Å². The molecule has 0 radical (unpaired) electrons. The van der Waals surface area contributed by atoms with Crippen LogP contribution in [0.2, 0.25) is 5.02 Å². The Morgan fingerprint density at radius 1 is 1.38 bits per heavy atom. The van der Waals surface area contributed by atoms with Crippen molar-refractivity contribution in [2.75, 3.05) is 7.05 Å². The van der Waals surface area contributed by atoms with Crippen LogP contribution in [0.5, 0.6) is 0 Å². The minimum atomic E-state index is -3.79. The van der Waals surface area contributed by atoms with E-state index >= 15 is 0 Å². The number of aromatic nitrogens is 2. The van der Waals surface area contributed by atoms with Crippen molar-refractivity contribution in [3.63, 3.8) is 0 Å². The minimum Gasteiger partial charge on any atom is -0.293 e. The zero-order valence-electron chi connectivity index (χ0n) is 13.2. The standard InChI is InChI=1S/C15H15ClFN3O2S2/c1-9-7-20-14(10(2)18-15(20)23-9)8-19(3)24(21,22)11-4-5-13(17)12(16)6-11/h4-7H,8H2,1-3H3. The van der Waals surface area contributed by atoms with Gasteiger partial charge in [0.2, 0.25) is 10.0 Å². The van der Waals surface area contributed by atoms with Gasteiger partial charge in [0.25, 0.3) is 0 Å². The average molecular weight is 388 g/mol. The van der Waals surface area contributed by atoms with E-state index in [-0.39, 0.29) is 16.5 Å². The second-order valence-electron chi connectivity index (χ2n) is 5.48. The largest absolute Gasteiger partial charge is 0.293 e. The number of hydrogen-bond acceptors (Lipinski definition) is 4. The van der Waals surface area contributed by atoms with Crippen molar-refractivity contribution in [3.8, 4) is 0 Å². The molecule has 3 aromatic rings. The molecule has 3 rings (SSSR count). The fourth-order valence-electron chi connectivity index (χ4n) is 2.41. The highest BCUT2D eigenvalue weighted by Gasteiger charge is 2.24. The van der Waals surface area contributed by atoms with Gasteiger partial charge >= 0.3 is 0 Å². The maximum Gasteiger partial charge on any atom is 0.243 e. The van der Waals surface area contributed by atoms with Gasteiger partial charge in [-0.25, -0.2) is 17.8 Å². The predicted molar refractivity (Wildman–Crippen MR) is 92.6 cm³/mol. The molecule has 0 saturated heterocycles. The second kappa shape index (κ2) is 6.11. The molecule has 0 unspecified atom stereocenters. The lowest BCUT2D eigenvalue weighted by molar-refractivity contribution is 0.460. The number of rotatable bonds is 4. The summed E-state index contributed by atoms with van der Waals surface area (Å²) in [5.41, 5.74) is 1.58. The molecule has 0 aliphatic carbocycles. The Morgan fingerprint density at radius 3 is 2.75 bits per heavy atom. The zero-order valence-corrected chi connectivity index (χ0v) is 15.6. The lowest BCUT2D eigenvalue weighted by Gasteiger charge is -2.17. The van der Waals surface area contributed by atoms with Crippen molar-refractivity contribution >= 4 is 37.9 Å². The first-order valence-corrected chi connectivity index (χ1v) is 9.69. The van der Waals surface area contributed by atoms with Crippen LogP contribution in [0.1, 0.15) is 16.3 Å². The summed E-state index contributed by atoms with van der Waals surface area (Å²) < 4.78 is 41.8. The number of aryl methyl sites for hydroxylation is 2. The van der Waals surface area contributed by atoms with Gasteiger partial charge in [-0.3, -0.25) is 4.40 Å². The molecular formula is C15H15ClFN3O2S2. The molecule has 1 aromatic carbocycles. The Hall–Kier alpha value is -1.48. The van der Waals surface area contributed by atoms with E-state index in [0.717, 1.165) is 33.4 Å². The van der Waals surface area contributed by atoms with Gasteiger partial charge in [0.1, 0.15) is 5.82 Å². The molecule has 24 heavy (non-hydrogen) atoms. The van der Waals surface area contributed by atoms with Gasteiger partial charge in [0, 0.05) is 18.1 Å². The van der Waals surface area contributed by atoms with Gasteiger partial charge in [-0.1, -0.05) is 11.6 Å². The lowest BCUT2D eigenvalue weighted by Crippen LogP contribution is -2.27. The summed E-state index contributed by atoms with van der Waals surface area (Å²) in [4.78, 5) is 6.33. The maximum absolute atomic E-state index is 13.3. The second-order valence-corrected chi connectivity index (χ2v) is 9.14. The molecule has 0 N–H and O–H groups in total. The van der Waals surface area contributed by atoms with Crippen LogP contribution in [0.15, 0.2) is 29.3 Å². The SMILES string of the molecule is Cc1cn2c(CN(C)S(=O)(=O)c3ccc(F)c(Cl)c3)c(C)nc2s1. The molecule has 2 aromatic heterocycles. The third-order valence-corrected chi connectivity index (χ3v) is 6.70. The summed E-state index contributed by atoms with van der Waals surface area (Å²) in [5.74, 6) is -0.652. The first-order chi connectivity index (χ1) is 11.2. The molecule has 0 aliphatic heterocycles. The van der Waals surface area contributed by atoms with Crippen LogP contribution in [-0.2, 0) is 16.6 Å². The first-order valence-electron chi connectivity index (χ1n) is 7.05. The molecular weight excluding hydrogens is 373 g/mol. The summed E-state index contributed by atoms with van der Waals surface area (Å²) in [6.45, 7) is 3.97. The number of nitrogens with zero attached hydrogens (tertiary/aromatic N) is 3. The van der Waals surface area contributed by atoms with Gasteiger partial charge in [-0.15, -0.1) is 11.3 Å². The highest BCUT2D eigenvalue weighted by molar-refractivity contribution is 7.89. The molecule has 0 spiro atoms. The number of hydrogen-bond donors (Lipinski definition) is 0. The number of fused-ring (bicyclic) bond motifs is 1. The maximum atomic E-state index is 13.3. The van der Waals surface area contributed by atoms with E-state index in [0.29, 0.717) is 0 Å². The molecule has 5 nitrogen and oxygen atoms in total. The molecule has 0 aliphatic rings. The van der Waals surface area contributed by atoms with Crippen LogP contribution in [0, 0.1) is 19.7 Å². The van der Waals surface area contributed by atoms with E-state index in [1.807, 2.05) is 24.4 Å². The van der Waals surface area contributed by atoms with E-state index in [1.165, 1.54) is 17.4 Å². The van der Waals surface area contributed by atoms with Crippen molar-refractivity contribution in [1.82, 2.24) is 13.7 Å². The molecule has 2 heterocycles. The fraction of sp³-hybridized carbons (Fsp3) is 0.267. The number of benzene rings is 1. The van der Waals surface area contributed by atoms with E-state index in [9.17, 15) is 12.8 Å². The summed E-state index contributed by atoms with van der Waals surface area (Å²) in [5, 5.41) is -0.221. The van der Waals surface area contributed by atoms with Crippen LogP contribution in [0.25, 0.3) is 4.96 Å². The van der Waals surface area contributed by atoms with Gasteiger partial charge in [-0.2, -0.15) is 4.31 Å². The van der Waals surface area contributed by atoms with Crippen molar-refractivity contribution in [2.45, 2.75) is 25.3 Å². The van der Waals surface area contributed by atoms with Gasteiger partial charge < -0.3 is 0 Å². The van der Waals surface area contributed by atoms with E-state index in [2.05, 4.69) is 4.98 Å². The summed E-state index contributed by atoms with van der Waals surface area (Å²) in [6.07, 6.45) is 1.94. The molecule has 128 valence electrons. The number of halogens is 2. The summed E-state index contributed by atoms with van der Waals surface area (Å²) in [7, 11) is -2.31. The Balaban J connectivity index is 1.96. The molecule has 0 fully saturated rings. The number of thiazole rings is 1. The highest BCUT2D eigenvalue weighted by atomic mass is 35.5. The normalized spacial score (nSPS) is 12.4. The topological polar surface area (TPSA) is 54.7 Å². The Bertz CT molecular complexity index is 1030. The van der Waals surface area contributed by atoms with Crippen molar-refractivity contribution in [1.29, 1.82) is 0 Å². The van der Waals surface area contributed by atoms with Crippen LogP contribution in [0.3, 0.4) is 0 Å². The smallest absolute Gasteiger partial charge is 0.243 e. The Labute approximate surface area is 148 Å². The molecule has 0 amide bonds. The average Bonchev–Trinajstić information content (AvgIpc) is 2.98. The van der Waals surface area contributed by atoms with E-state index in [4.69, 9.17) is 11.6 Å². The molecule has 0 atom stereocenters. The number of sulfonamides is 1. The predicted octanol–water partition coefficient (Wildman–Crippen LogP) is 3.63. The van der Waals surface area contributed by atoms with Crippen LogP contribution < -0.4 is 0 Å². The van der Waals surface area contributed by atoms with Crippen LogP contribution in [0.4, 0.5) is 4.39 Å². The van der Waals surface area contributed by atoms with Gasteiger partial charge in [-0.05, 0) is 32.0 Å². The molecule has 9 heteroatoms. The fourth-order valence-corrected chi connectivity index (χ4v) is 4.71. The van der Waals surface area contributed by atoms with Crippen molar-refractivity contribution in [2.24, 2.45) is 0 Å².